The number of rotatable bonds is 74. The summed E-state index contributed by atoms with van der Waals surface area (Å²) in [7, 11) is -9.91. The predicted octanol–water partition coefficient (Wildman–Crippen LogP) is 21.9. The van der Waals surface area contributed by atoms with Crippen LogP contribution in [0.15, 0.2) is 0 Å². The van der Waals surface area contributed by atoms with Gasteiger partial charge in [0.2, 0.25) is 0 Å². The number of aliphatic hydroxyl groups excluding tert-OH is 1. The molecule has 0 spiro atoms. The van der Waals surface area contributed by atoms with Gasteiger partial charge >= 0.3 is 39.5 Å². The number of esters is 4. The highest BCUT2D eigenvalue weighted by atomic mass is 31.2. The second kappa shape index (κ2) is 66.9. The number of ether oxygens (including phenoxy) is 4. The van der Waals surface area contributed by atoms with Crippen molar-refractivity contribution < 1.29 is 80.2 Å². The van der Waals surface area contributed by atoms with E-state index in [1.165, 1.54) is 199 Å². The molecule has 0 aliphatic rings. The van der Waals surface area contributed by atoms with Crippen LogP contribution in [-0.2, 0) is 65.4 Å². The van der Waals surface area contributed by atoms with Crippen molar-refractivity contribution in [2.75, 3.05) is 39.6 Å². The molecule has 0 aromatic carbocycles. The van der Waals surface area contributed by atoms with Gasteiger partial charge in [-0.05, 0) is 37.5 Å². The van der Waals surface area contributed by atoms with Crippen LogP contribution in [0.1, 0.15) is 388 Å². The molecule has 0 aliphatic heterocycles. The zero-order chi connectivity index (χ0) is 69.3. The predicted molar refractivity (Wildman–Crippen MR) is 381 cm³/mol. The fourth-order valence-corrected chi connectivity index (χ4v) is 13.0. The number of aliphatic hydroxyl groups is 1. The van der Waals surface area contributed by atoms with Crippen LogP contribution >= 0.6 is 15.6 Å². The second-order valence-corrected chi connectivity index (χ2v) is 30.4. The van der Waals surface area contributed by atoms with Gasteiger partial charge in [0.05, 0.1) is 26.4 Å². The van der Waals surface area contributed by atoms with Crippen molar-refractivity contribution in [1.29, 1.82) is 0 Å². The third-order valence-corrected chi connectivity index (χ3v) is 20.1. The Hall–Kier alpha value is -1.94. The van der Waals surface area contributed by atoms with Crippen molar-refractivity contribution >= 4 is 39.5 Å². The molecule has 0 bridgehead atoms. The highest BCUT2D eigenvalue weighted by Gasteiger charge is 2.30. The summed E-state index contributed by atoms with van der Waals surface area (Å²) < 4.78 is 68.5. The lowest BCUT2D eigenvalue weighted by Crippen LogP contribution is -2.30. The SMILES string of the molecule is CCCCCCCCCCCCCCCCCC(=O)OC[C@H](COP(=O)(O)OC[C@@H](O)COP(=O)(O)OC[C@@H](COC(=O)CCCCCCCCC(C)CC)OC(=O)CCCCCCCCCCCCC(C)CC)OC(=O)CCCCCCCCCCCCCCCCC. The van der Waals surface area contributed by atoms with Gasteiger partial charge in [0.15, 0.2) is 12.2 Å². The number of phosphoric acid groups is 2. The molecule has 3 N–H and O–H groups in total. The fourth-order valence-electron chi connectivity index (χ4n) is 11.4. The monoisotopic (exact) mass is 1380 g/mol. The van der Waals surface area contributed by atoms with E-state index in [9.17, 15) is 43.2 Å². The average Bonchev–Trinajstić information content (AvgIpc) is 1.21. The maximum Gasteiger partial charge on any atom is 0.472 e. The maximum atomic E-state index is 13.1. The van der Waals surface area contributed by atoms with Crippen LogP contribution in [0, 0.1) is 11.8 Å². The molecule has 94 heavy (non-hydrogen) atoms. The Labute approximate surface area is 575 Å². The minimum absolute atomic E-state index is 0.106. The Bertz CT molecular complexity index is 1820. The summed E-state index contributed by atoms with van der Waals surface area (Å²) in [4.78, 5) is 72.8. The van der Waals surface area contributed by atoms with Crippen LogP contribution in [0.2, 0.25) is 0 Å². The summed E-state index contributed by atoms with van der Waals surface area (Å²) in [6.45, 7) is 9.58. The largest absolute Gasteiger partial charge is 0.472 e. The molecule has 0 fully saturated rings. The average molecular weight is 1380 g/mol. The molecule has 558 valence electrons. The molecule has 0 saturated carbocycles. The summed E-state index contributed by atoms with van der Waals surface area (Å²) in [6.07, 6.45) is 53.9. The summed E-state index contributed by atoms with van der Waals surface area (Å²) in [5.41, 5.74) is 0. The topological polar surface area (TPSA) is 237 Å². The molecule has 17 nitrogen and oxygen atoms in total. The van der Waals surface area contributed by atoms with E-state index >= 15 is 0 Å². The van der Waals surface area contributed by atoms with Crippen LogP contribution in [0.4, 0.5) is 0 Å². The number of carbonyl (C=O) groups excluding carboxylic acids is 4. The van der Waals surface area contributed by atoms with E-state index in [1.807, 2.05) is 0 Å². The van der Waals surface area contributed by atoms with E-state index in [2.05, 4.69) is 41.5 Å². The molecule has 19 heteroatoms. The quantitative estimate of drug-likeness (QED) is 0.0222. The Kier molecular flexibility index (Phi) is 65.5. The molecule has 0 radical (unpaired) electrons. The summed E-state index contributed by atoms with van der Waals surface area (Å²) in [6, 6.07) is 0. The lowest BCUT2D eigenvalue weighted by atomic mass is 9.99. The minimum atomic E-state index is -4.96. The molecule has 0 rings (SSSR count). The summed E-state index contributed by atoms with van der Waals surface area (Å²) >= 11 is 0. The Morgan fingerprint density at radius 2 is 0.511 bits per heavy atom. The molecule has 7 atom stereocenters. The fraction of sp³-hybridized carbons (Fsp3) is 0.947. The van der Waals surface area contributed by atoms with Crippen LogP contribution in [-0.4, -0.2) is 96.7 Å². The number of hydrogen-bond acceptors (Lipinski definition) is 15. The van der Waals surface area contributed by atoms with Gasteiger partial charge in [-0.2, -0.15) is 0 Å². The third-order valence-electron chi connectivity index (χ3n) is 18.2. The first kappa shape index (κ1) is 92.1. The Morgan fingerprint density at radius 1 is 0.298 bits per heavy atom. The molecule has 0 amide bonds. The first-order valence-corrected chi connectivity index (χ1v) is 42.1. The van der Waals surface area contributed by atoms with Crippen molar-refractivity contribution in [3.05, 3.63) is 0 Å². The van der Waals surface area contributed by atoms with E-state index in [-0.39, 0.29) is 25.7 Å². The standard InChI is InChI=1S/C75H146O17P2/c1-7-11-13-15-17-19-21-23-25-27-29-34-38-45-51-57-72(77)85-63-70(91-74(79)59-53-47-39-35-30-28-26-24-22-20-18-16-14-12-8-2)65-89-93(81,82)87-61-69(76)62-88-94(83,84)90-66-71(64-86-73(78)58-52-46-42-41-44-50-56-68(6)10-4)92-75(80)60-54-48-40-36-32-31-33-37-43-49-55-67(5)9-3/h67-71,76H,7-66H2,1-6H3,(H,81,82)(H,83,84)/t67?,68?,69-,70-,71-/m1/s1. The van der Waals surface area contributed by atoms with Crippen LogP contribution in [0.25, 0.3) is 0 Å². The zero-order valence-electron chi connectivity index (χ0n) is 61.3. The minimum Gasteiger partial charge on any atom is -0.462 e. The van der Waals surface area contributed by atoms with Gasteiger partial charge in [0, 0.05) is 25.7 Å². The van der Waals surface area contributed by atoms with Crippen molar-refractivity contribution in [2.45, 2.75) is 407 Å². The first-order valence-electron chi connectivity index (χ1n) is 39.1. The van der Waals surface area contributed by atoms with Gasteiger partial charge < -0.3 is 33.8 Å². The number of phosphoric ester groups is 2. The van der Waals surface area contributed by atoms with E-state index in [0.29, 0.717) is 25.7 Å². The van der Waals surface area contributed by atoms with Crippen molar-refractivity contribution in [3.63, 3.8) is 0 Å². The second-order valence-electron chi connectivity index (χ2n) is 27.5. The van der Waals surface area contributed by atoms with E-state index in [0.717, 1.165) is 108 Å². The molecule has 0 aliphatic carbocycles. The molecule has 4 unspecified atom stereocenters. The normalized spacial score (nSPS) is 14.6. The molecule has 0 aromatic heterocycles. The molecular formula is C75H146O17P2. The molecule has 0 aromatic rings. The molecule has 0 saturated heterocycles. The smallest absolute Gasteiger partial charge is 0.462 e. The van der Waals surface area contributed by atoms with Crippen molar-refractivity contribution in [3.8, 4) is 0 Å². The van der Waals surface area contributed by atoms with Crippen LogP contribution in [0.3, 0.4) is 0 Å². The van der Waals surface area contributed by atoms with Crippen molar-refractivity contribution in [2.24, 2.45) is 11.8 Å². The van der Waals surface area contributed by atoms with Gasteiger partial charge in [0.25, 0.3) is 0 Å². The molecule has 0 heterocycles. The Balaban J connectivity index is 5.26. The summed E-state index contributed by atoms with van der Waals surface area (Å²) in [5, 5.41) is 10.6. The first-order chi connectivity index (χ1) is 45.4. The van der Waals surface area contributed by atoms with Gasteiger partial charge in [0.1, 0.15) is 19.3 Å². The van der Waals surface area contributed by atoms with Crippen LogP contribution < -0.4 is 0 Å². The van der Waals surface area contributed by atoms with Crippen molar-refractivity contribution in [1.82, 2.24) is 0 Å². The number of carbonyl (C=O) groups is 4. The lowest BCUT2D eigenvalue weighted by molar-refractivity contribution is -0.161. The maximum absolute atomic E-state index is 13.1. The highest BCUT2D eigenvalue weighted by molar-refractivity contribution is 7.47. The molecular weight excluding hydrogens is 1230 g/mol. The van der Waals surface area contributed by atoms with Gasteiger partial charge in [-0.1, -0.05) is 337 Å². The van der Waals surface area contributed by atoms with Gasteiger partial charge in [-0.15, -0.1) is 0 Å². The van der Waals surface area contributed by atoms with E-state index < -0.39 is 97.5 Å². The highest BCUT2D eigenvalue weighted by Crippen LogP contribution is 2.45. The van der Waals surface area contributed by atoms with Gasteiger partial charge in [-0.3, -0.25) is 37.3 Å². The third kappa shape index (κ3) is 66.0. The zero-order valence-corrected chi connectivity index (χ0v) is 63.1. The number of hydrogen-bond donors (Lipinski definition) is 3. The van der Waals surface area contributed by atoms with E-state index in [1.54, 1.807) is 0 Å². The van der Waals surface area contributed by atoms with E-state index in [4.69, 9.17) is 37.0 Å². The Morgan fingerprint density at radius 3 is 0.755 bits per heavy atom. The van der Waals surface area contributed by atoms with Gasteiger partial charge in [-0.25, -0.2) is 9.13 Å². The number of unbranched alkanes of at least 4 members (excludes halogenated alkanes) is 42. The van der Waals surface area contributed by atoms with Crippen LogP contribution in [0.5, 0.6) is 0 Å². The summed E-state index contributed by atoms with van der Waals surface area (Å²) in [5.74, 6) is -0.582. The lowest BCUT2D eigenvalue weighted by Gasteiger charge is -2.21.